The second kappa shape index (κ2) is 8.45. The van der Waals surface area contributed by atoms with E-state index >= 15 is 0 Å². The van der Waals surface area contributed by atoms with E-state index in [1.807, 2.05) is 32.0 Å². The van der Waals surface area contributed by atoms with Gasteiger partial charge in [0, 0.05) is 49.7 Å². The maximum atomic E-state index is 13.3. The highest BCUT2D eigenvalue weighted by Crippen LogP contribution is 2.21. The number of anilines is 1. The van der Waals surface area contributed by atoms with Gasteiger partial charge in [-0.05, 0) is 37.6 Å². The van der Waals surface area contributed by atoms with Crippen molar-refractivity contribution in [1.29, 1.82) is 0 Å². The predicted molar refractivity (Wildman–Crippen MR) is 116 cm³/mol. The zero-order valence-electron chi connectivity index (χ0n) is 17.2. The molecule has 0 unspecified atom stereocenters. The van der Waals surface area contributed by atoms with Gasteiger partial charge in [0.2, 0.25) is 5.95 Å². The van der Waals surface area contributed by atoms with E-state index in [9.17, 15) is 9.59 Å². The summed E-state index contributed by atoms with van der Waals surface area (Å²) in [5, 5.41) is 0. The molecule has 1 aliphatic rings. The number of piperazine rings is 1. The first-order valence-electron chi connectivity index (χ1n) is 10.1. The van der Waals surface area contributed by atoms with Gasteiger partial charge < -0.3 is 9.80 Å². The normalized spacial score (nSPS) is 13.9. The standard InChI is InChI=1S/C24H24N4O2/c1-17-8-9-18(2)21(16-17)22(29)19-6-3-4-7-20(19)23(30)27-12-14-28(15-13-27)24-25-10-5-11-26-24/h3-11,16H,12-15H2,1-2H3. The smallest absolute Gasteiger partial charge is 0.254 e. The van der Waals surface area contributed by atoms with Gasteiger partial charge in [0.15, 0.2) is 5.78 Å². The van der Waals surface area contributed by atoms with E-state index in [1.54, 1.807) is 47.6 Å². The largest absolute Gasteiger partial charge is 0.337 e. The lowest BCUT2D eigenvalue weighted by Gasteiger charge is -2.35. The van der Waals surface area contributed by atoms with Crippen molar-refractivity contribution in [2.75, 3.05) is 31.1 Å². The molecule has 1 fully saturated rings. The molecule has 1 saturated heterocycles. The fourth-order valence-corrected chi connectivity index (χ4v) is 3.73. The van der Waals surface area contributed by atoms with Crippen molar-refractivity contribution in [3.63, 3.8) is 0 Å². The number of nitrogens with zero attached hydrogens (tertiary/aromatic N) is 4. The topological polar surface area (TPSA) is 66.4 Å². The fraction of sp³-hybridized carbons (Fsp3) is 0.250. The lowest BCUT2D eigenvalue weighted by molar-refractivity contribution is 0.0742. The van der Waals surface area contributed by atoms with Crippen LogP contribution < -0.4 is 4.90 Å². The number of carbonyl (C=O) groups excluding carboxylic acids is 2. The second-order valence-electron chi connectivity index (χ2n) is 7.52. The quantitative estimate of drug-likeness (QED) is 0.629. The van der Waals surface area contributed by atoms with Crippen molar-refractivity contribution in [3.05, 3.63) is 88.7 Å². The molecule has 6 nitrogen and oxygen atoms in total. The van der Waals surface area contributed by atoms with Crippen molar-refractivity contribution >= 4 is 17.6 Å². The van der Waals surface area contributed by atoms with Crippen LogP contribution in [-0.4, -0.2) is 52.7 Å². The molecule has 3 aromatic rings. The second-order valence-corrected chi connectivity index (χ2v) is 7.52. The molecular weight excluding hydrogens is 376 g/mol. The number of amides is 1. The Labute approximate surface area is 176 Å². The summed E-state index contributed by atoms with van der Waals surface area (Å²) in [5.41, 5.74) is 3.47. The summed E-state index contributed by atoms with van der Waals surface area (Å²) in [6.07, 6.45) is 3.43. The fourth-order valence-electron chi connectivity index (χ4n) is 3.73. The van der Waals surface area contributed by atoms with Crippen molar-refractivity contribution in [2.45, 2.75) is 13.8 Å². The van der Waals surface area contributed by atoms with E-state index in [4.69, 9.17) is 0 Å². The van der Waals surface area contributed by atoms with Crippen LogP contribution in [0.2, 0.25) is 0 Å². The molecule has 0 atom stereocenters. The van der Waals surface area contributed by atoms with E-state index in [2.05, 4.69) is 14.9 Å². The van der Waals surface area contributed by atoms with Gasteiger partial charge in [-0.2, -0.15) is 0 Å². The highest BCUT2D eigenvalue weighted by molar-refractivity contribution is 6.16. The Hall–Kier alpha value is -3.54. The highest BCUT2D eigenvalue weighted by Gasteiger charge is 2.26. The van der Waals surface area contributed by atoms with E-state index in [-0.39, 0.29) is 11.7 Å². The van der Waals surface area contributed by atoms with Gasteiger partial charge >= 0.3 is 0 Å². The molecule has 6 heteroatoms. The minimum atomic E-state index is -0.114. The zero-order valence-corrected chi connectivity index (χ0v) is 17.2. The summed E-state index contributed by atoms with van der Waals surface area (Å²) in [5.74, 6) is 0.449. The summed E-state index contributed by atoms with van der Waals surface area (Å²) >= 11 is 0. The summed E-state index contributed by atoms with van der Waals surface area (Å²) in [6, 6.07) is 14.7. The van der Waals surface area contributed by atoms with Gasteiger partial charge in [-0.3, -0.25) is 9.59 Å². The van der Waals surface area contributed by atoms with Crippen LogP contribution in [0.1, 0.15) is 37.4 Å². The van der Waals surface area contributed by atoms with Gasteiger partial charge in [0.05, 0.1) is 5.56 Å². The molecule has 2 aromatic carbocycles. The van der Waals surface area contributed by atoms with E-state index < -0.39 is 0 Å². The molecule has 152 valence electrons. The molecular formula is C24H24N4O2. The third kappa shape index (κ3) is 3.94. The minimum absolute atomic E-state index is 0.113. The lowest BCUT2D eigenvalue weighted by atomic mass is 9.94. The molecule has 0 N–H and O–H groups in total. The summed E-state index contributed by atoms with van der Waals surface area (Å²) in [7, 11) is 0. The van der Waals surface area contributed by atoms with Gasteiger partial charge in [0.25, 0.3) is 5.91 Å². The molecule has 0 radical (unpaired) electrons. The van der Waals surface area contributed by atoms with Crippen molar-refractivity contribution in [2.24, 2.45) is 0 Å². The van der Waals surface area contributed by atoms with Crippen molar-refractivity contribution in [3.8, 4) is 0 Å². The molecule has 2 heterocycles. The molecule has 1 aromatic heterocycles. The number of benzene rings is 2. The van der Waals surface area contributed by atoms with Gasteiger partial charge in [-0.15, -0.1) is 0 Å². The first-order chi connectivity index (χ1) is 14.5. The van der Waals surface area contributed by atoms with Crippen LogP contribution in [0.5, 0.6) is 0 Å². The van der Waals surface area contributed by atoms with E-state index in [0.717, 1.165) is 11.1 Å². The van der Waals surface area contributed by atoms with Crippen LogP contribution in [0.15, 0.2) is 60.9 Å². The minimum Gasteiger partial charge on any atom is -0.337 e. The predicted octanol–water partition coefficient (Wildman–Crippen LogP) is 3.29. The summed E-state index contributed by atoms with van der Waals surface area (Å²) in [6.45, 7) is 6.31. The Balaban J connectivity index is 1.55. The van der Waals surface area contributed by atoms with Crippen LogP contribution in [0, 0.1) is 13.8 Å². The Kier molecular flexibility index (Phi) is 5.57. The number of rotatable bonds is 4. The molecule has 0 spiro atoms. The number of ketones is 1. The number of aromatic nitrogens is 2. The Morgan fingerprint density at radius 3 is 2.17 bits per heavy atom. The van der Waals surface area contributed by atoms with Gasteiger partial charge in [-0.25, -0.2) is 9.97 Å². The first-order valence-corrected chi connectivity index (χ1v) is 10.1. The molecule has 0 saturated carbocycles. The number of hydrogen-bond donors (Lipinski definition) is 0. The number of aryl methyl sites for hydroxylation is 2. The average molecular weight is 400 g/mol. The first kappa shape index (κ1) is 19.8. The molecule has 4 rings (SSSR count). The Bertz CT molecular complexity index is 1070. The maximum absolute atomic E-state index is 13.3. The van der Waals surface area contributed by atoms with Crippen LogP contribution in [0.25, 0.3) is 0 Å². The van der Waals surface area contributed by atoms with E-state index in [1.165, 1.54) is 0 Å². The van der Waals surface area contributed by atoms with Crippen LogP contribution in [0.4, 0.5) is 5.95 Å². The number of carbonyl (C=O) groups is 2. The molecule has 30 heavy (non-hydrogen) atoms. The lowest BCUT2D eigenvalue weighted by Crippen LogP contribution is -2.49. The van der Waals surface area contributed by atoms with Gasteiger partial charge in [-0.1, -0.05) is 35.9 Å². The van der Waals surface area contributed by atoms with Crippen LogP contribution in [0.3, 0.4) is 0 Å². The Morgan fingerprint density at radius 2 is 1.47 bits per heavy atom. The molecule has 0 bridgehead atoms. The molecule has 0 aliphatic carbocycles. The SMILES string of the molecule is Cc1ccc(C)c(C(=O)c2ccccc2C(=O)N2CCN(c3ncccn3)CC2)c1. The average Bonchev–Trinajstić information content (AvgIpc) is 2.80. The zero-order chi connectivity index (χ0) is 21.1. The van der Waals surface area contributed by atoms with Crippen LogP contribution in [-0.2, 0) is 0 Å². The molecule has 1 aliphatic heterocycles. The summed E-state index contributed by atoms with van der Waals surface area (Å²) < 4.78 is 0. The third-order valence-electron chi connectivity index (χ3n) is 5.44. The van der Waals surface area contributed by atoms with Crippen LogP contribution >= 0.6 is 0 Å². The van der Waals surface area contributed by atoms with E-state index in [0.29, 0.717) is 48.8 Å². The highest BCUT2D eigenvalue weighted by atomic mass is 16.2. The number of hydrogen-bond acceptors (Lipinski definition) is 5. The van der Waals surface area contributed by atoms with Crippen molar-refractivity contribution < 1.29 is 9.59 Å². The Morgan fingerprint density at radius 1 is 0.800 bits per heavy atom. The third-order valence-corrected chi connectivity index (χ3v) is 5.44. The maximum Gasteiger partial charge on any atom is 0.254 e. The summed E-state index contributed by atoms with van der Waals surface area (Å²) in [4.78, 5) is 39.0. The van der Waals surface area contributed by atoms with Crippen molar-refractivity contribution in [1.82, 2.24) is 14.9 Å². The monoisotopic (exact) mass is 400 g/mol. The van der Waals surface area contributed by atoms with Gasteiger partial charge in [0.1, 0.15) is 0 Å². The molecule has 1 amide bonds.